The monoisotopic (exact) mass is 557 g/mol. The Labute approximate surface area is 227 Å². The summed E-state index contributed by atoms with van der Waals surface area (Å²) in [5.74, 6) is 1.70. The van der Waals surface area contributed by atoms with Gasteiger partial charge in [-0.3, -0.25) is 0 Å². The average molecular weight is 559 g/mol. The Bertz CT molecular complexity index is 960. The van der Waals surface area contributed by atoms with E-state index in [-0.39, 0.29) is 23.8 Å². The highest BCUT2D eigenvalue weighted by Gasteiger charge is 2.19. The molecule has 0 saturated carbocycles. The van der Waals surface area contributed by atoms with Crippen LogP contribution in [0.2, 0.25) is 10.0 Å². The molecule has 36 heavy (non-hydrogen) atoms. The summed E-state index contributed by atoms with van der Waals surface area (Å²) in [6.07, 6.45) is 1.14. The fraction of sp³-hybridized carbons (Fsp3) is 0.462. The molecule has 0 heterocycles. The Morgan fingerprint density at radius 3 is 2.44 bits per heavy atom. The van der Waals surface area contributed by atoms with Crippen LogP contribution in [0.25, 0.3) is 0 Å². The molecule has 0 aliphatic carbocycles. The van der Waals surface area contributed by atoms with Crippen LogP contribution < -0.4 is 9.47 Å². The highest BCUT2D eigenvalue weighted by atomic mass is 35.5. The van der Waals surface area contributed by atoms with Crippen LogP contribution in [0.3, 0.4) is 0 Å². The van der Waals surface area contributed by atoms with Gasteiger partial charge in [-0.2, -0.15) is 11.8 Å². The van der Waals surface area contributed by atoms with Crippen molar-refractivity contribution in [3.63, 3.8) is 0 Å². The van der Waals surface area contributed by atoms with E-state index in [0.29, 0.717) is 30.5 Å². The molecule has 0 radical (unpaired) electrons. The molecule has 0 bridgehead atoms. The topological polar surface area (TPSA) is 85.3 Å². The number of carbonyl (C=O) groups is 2. The van der Waals surface area contributed by atoms with E-state index in [4.69, 9.17) is 37.4 Å². The first kappa shape index (κ1) is 30.1. The minimum absolute atomic E-state index is 0.248. The molecule has 0 saturated heterocycles. The van der Waals surface area contributed by atoms with E-state index in [0.717, 1.165) is 29.9 Å². The van der Waals surface area contributed by atoms with Crippen molar-refractivity contribution in [1.82, 2.24) is 4.90 Å². The normalized spacial score (nSPS) is 11.7. The quantitative estimate of drug-likeness (QED) is 0.238. The van der Waals surface area contributed by atoms with Gasteiger partial charge in [0.05, 0.1) is 11.6 Å². The zero-order chi connectivity index (χ0) is 26.3. The maximum Gasteiger partial charge on any atom is 0.415 e. The maximum absolute atomic E-state index is 12.9. The second-order valence-corrected chi connectivity index (χ2v) is 9.94. The van der Waals surface area contributed by atoms with Crippen molar-refractivity contribution >= 4 is 47.0 Å². The van der Waals surface area contributed by atoms with Gasteiger partial charge >= 0.3 is 12.1 Å². The predicted molar refractivity (Wildman–Crippen MR) is 145 cm³/mol. The van der Waals surface area contributed by atoms with Crippen LogP contribution in [-0.2, 0) is 16.0 Å². The molecule has 198 valence electrons. The van der Waals surface area contributed by atoms with E-state index in [2.05, 4.69) is 6.92 Å². The molecule has 0 aliphatic rings. The van der Waals surface area contributed by atoms with E-state index in [1.165, 1.54) is 6.07 Å². The predicted octanol–water partition coefficient (Wildman–Crippen LogP) is 6.44. The number of amides is 1. The number of aliphatic carboxylic acids is 1. The van der Waals surface area contributed by atoms with Gasteiger partial charge in [0.25, 0.3) is 0 Å². The van der Waals surface area contributed by atoms with Crippen molar-refractivity contribution in [2.24, 2.45) is 0 Å². The van der Waals surface area contributed by atoms with Crippen molar-refractivity contribution in [3.8, 4) is 11.5 Å². The first-order valence-electron chi connectivity index (χ1n) is 11.9. The Kier molecular flexibility index (Phi) is 13.9. The highest BCUT2D eigenvalue weighted by molar-refractivity contribution is 7.99. The van der Waals surface area contributed by atoms with E-state index < -0.39 is 18.2 Å². The van der Waals surface area contributed by atoms with Gasteiger partial charge in [0.2, 0.25) is 0 Å². The fourth-order valence-electron chi connectivity index (χ4n) is 3.16. The van der Waals surface area contributed by atoms with E-state index in [1.54, 1.807) is 47.9 Å². The van der Waals surface area contributed by atoms with E-state index >= 15 is 0 Å². The molecule has 0 aromatic heterocycles. The third-order valence-electron chi connectivity index (χ3n) is 5.11. The zero-order valence-electron chi connectivity index (χ0n) is 20.6. The molecule has 0 spiro atoms. The van der Waals surface area contributed by atoms with Crippen molar-refractivity contribution < 1.29 is 28.9 Å². The minimum atomic E-state index is -0.989. The van der Waals surface area contributed by atoms with Gasteiger partial charge in [-0.05, 0) is 55.0 Å². The number of thioether (sulfide) groups is 1. The van der Waals surface area contributed by atoms with Gasteiger partial charge in [-0.1, -0.05) is 48.7 Å². The standard InChI is InChI=1S/C26H33Cl2NO6S/c1-3-5-15-36-16-13-29(26(32)35-23-11-8-20(27)18-22(23)28)12-14-34-21-9-6-19(7-10-21)17-24(25(30)31)33-4-2/h6-11,18,24H,3-5,12-17H2,1-2H3,(H,30,31). The summed E-state index contributed by atoms with van der Waals surface area (Å²) in [4.78, 5) is 25.7. The summed E-state index contributed by atoms with van der Waals surface area (Å²) < 4.78 is 16.6. The largest absolute Gasteiger partial charge is 0.492 e. The molecule has 7 nitrogen and oxygen atoms in total. The number of ether oxygens (including phenoxy) is 3. The molecule has 0 fully saturated rings. The number of rotatable bonds is 16. The second kappa shape index (κ2) is 16.6. The molecule has 1 N–H and O–H groups in total. The van der Waals surface area contributed by atoms with Gasteiger partial charge in [-0.15, -0.1) is 0 Å². The first-order valence-corrected chi connectivity index (χ1v) is 13.8. The Morgan fingerprint density at radius 1 is 1.06 bits per heavy atom. The molecule has 1 unspecified atom stereocenters. The molecule has 2 rings (SSSR count). The van der Waals surface area contributed by atoms with Gasteiger partial charge in [0.15, 0.2) is 11.9 Å². The molecule has 1 amide bonds. The van der Waals surface area contributed by atoms with Crippen LogP contribution in [0.1, 0.15) is 32.3 Å². The number of nitrogens with zero attached hydrogens (tertiary/aromatic N) is 1. The third kappa shape index (κ3) is 10.9. The van der Waals surface area contributed by atoms with Crippen LogP contribution in [0.15, 0.2) is 42.5 Å². The molecule has 2 aromatic rings. The lowest BCUT2D eigenvalue weighted by Gasteiger charge is -2.22. The number of benzene rings is 2. The number of halogens is 2. The average Bonchev–Trinajstić information content (AvgIpc) is 2.85. The Morgan fingerprint density at radius 2 is 1.81 bits per heavy atom. The summed E-state index contributed by atoms with van der Waals surface area (Å²) in [5, 5.41) is 9.97. The van der Waals surface area contributed by atoms with Crippen LogP contribution in [0.5, 0.6) is 11.5 Å². The molecule has 10 heteroatoms. The number of carbonyl (C=O) groups excluding carboxylic acids is 1. The van der Waals surface area contributed by atoms with Crippen molar-refractivity contribution in [2.75, 3.05) is 37.8 Å². The molecular weight excluding hydrogens is 525 g/mol. The number of carboxylic acids is 1. The second-order valence-electron chi connectivity index (χ2n) is 7.87. The summed E-state index contributed by atoms with van der Waals surface area (Å²) >= 11 is 13.9. The first-order chi connectivity index (χ1) is 17.3. The van der Waals surface area contributed by atoms with Crippen LogP contribution in [0.4, 0.5) is 4.79 Å². The fourth-order valence-corrected chi connectivity index (χ4v) is 4.66. The molecular formula is C26H33Cl2NO6S. The summed E-state index contributed by atoms with van der Waals surface area (Å²) in [6.45, 7) is 5.34. The SMILES string of the molecule is CCCCSCCN(CCOc1ccc(CC(OCC)C(=O)O)cc1)C(=O)Oc1ccc(Cl)cc1Cl. The van der Waals surface area contributed by atoms with Crippen molar-refractivity contribution in [1.29, 1.82) is 0 Å². The molecule has 1 atom stereocenters. The highest BCUT2D eigenvalue weighted by Crippen LogP contribution is 2.28. The zero-order valence-corrected chi connectivity index (χ0v) is 22.9. The molecule has 2 aromatic carbocycles. The van der Waals surface area contributed by atoms with Crippen molar-refractivity contribution in [2.45, 2.75) is 39.2 Å². The van der Waals surface area contributed by atoms with Crippen molar-refractivity contribution in [3.05, 3.63) is 58.1 Å². The summed E-state index contributed by atoms with van der Waals surface area (Å²) in [6, 6.07) is 11.9. The Hall–Kier alpha value is -2.13. The lowest BCUT2D eigenvalue weighted by molar-refractivity contribution is -0.149. The minimum Gasteiger partial charge on any atom is -0.492 e. The maximum atomic E-state index is 12.9. The summed E-state index contributed by atoms with van der Waals surface area (Å²) in [7, 11) is 0. The van der Waals surface area contributed by atoms with Gasteiger partial charge in [0.1, 0.15) is 12.4 Å². The number of carboxylic acid groups (broad SMARTS) is 1. The summed E-state index contributed by atoms with van der Waals surface area (Å²) in [5.41, 5.74) is 0.831. The number of hydrogen-bond donors (Lipinski definition) is 1. The van der Waals surface area contributed by atoms with Gasteiger partial charge in [-0.25, -0.2) is 9.59 Å². The number of hydrogen-bond acceptors (Lipinski definition) is 6. The smallest absolute Gasteiger partial charge is 0.415 e. The van der Waals surface area contributed by atoms with Crippen LogP contribution in [0, 0.1) is 0 Å². The number of unbranched alkanes of at least 4 members (excludes halogenated alkanes) is 1. The van der Waals surface area contributed by atoms with Gasteiger partial charge in [0, 0.05) is 30.3 Å². The van der Waals surface area contributed by atoms with Crippen LogP contribution in [-0.4, -0.2) is 66.0 Å². The van der Waals surface area contributed by atoms with Gasteiger partial charge < -0.3 is 24.2 Å². The molecule has 0 aliphatic heterocycles. The lowest BCUT2D eigenvalue weighted by Crippen LogP contribution is -2.38. The third-order valence-corrected chi connectivity index (χ3v) is 6.69. The lowest BCUT2D eigenvalue weighted by atomic mass is 10.1. The van der Waals surface area contributed by atoms with E-state index in [1.807, 2.05) is 12.1 Å². The Balaban J connectivity index is 1.93. The van der Waals surface area contributed by atoms with E-state index in [9.17, 15) is 14.7 Å². The van der Waals surface area contributed by atoms with Crippen LogP contribution >= 0.6 is 35.0 Å².